The highest BCUT2D eigenvalue weighted by atomic mass is 28.3. The normalized spacial score (nSPS) is 17.0. The van der Waals surface area contributed by atoms with Gasteiger partial charge in [0.15, 0.2) is 5.60 Å². The van der Waals surface area contributed by atoms with E-state index in [1.165, 1.54) is 5.56 Å². The number of ether oxygens (including phenoxy) is 2. The number of hydroxylamine groups is 1. The van der Waals surface area contributed by atoms with Crippen molar-refractivity contribution in [3.8, 4) is 17.1 Å². The monoisotopic (exact) mass is 664 g/mol. The number of carbonyl (C=O) groups is 2. The zero-order valence-corrected chi connectivity index (χ0v) is 29.5. The Hall–Kier alpha value is -3.58. The molecule has 0 saturated carbocycles. The average Bonchev–Trinajstić information content (AvgIpc) is 3.39. The number of aliphatic hydroxyl groups is 1. The van der Waals surface area contributed by atoms with Crippen LogP contribution in [-0.4, -0.2) is 65.4 Å². The summed E-state index contributed by atoms with van der Waals surface area (Å²) < 4.78 is 13.4. The molecule has 0 radical (unpaired) electrons. The van der Waals surface area contributed by atoms with E-state index in [-0.39, 0.29) is 24.5 Å². The molecule has 254 valence electrons. The molecule has 0 aliphatic carbocycles. The SMILES string of the molecule is CC[C@@]1(O)C(=O)OCc2c1cc1n(c2=O)Cc2c-1nc1ccc(OCCCCCCC(=O)NO)c(CN(C)C)c1c2CC[Si](C)(C)C. The zero-order chi connectivity index (χ0) is 34.1. The van der Waals surface area contributed by atoms with Crippen LogP contribution in [0.25, 0.3) is 22.3 Å². The number of aryl methyl sites for hydroxylation is 1. The number of amides is 1. The molecule has 1 amide bonds. The third-order valence-electron chi connectivity index (χ3n) is 9.31. The molecule has 5 rings (SSSR count). The van der Waals surface area contributed by atoms with Crippen molar-refractivity contribution in [2.75, 3.05) is 20.7 Å². The van der Waals surface area contributed by atoms with Crippen LogP contribution >= 0.6 is 0 Å². The second-order valence-corrected chi connectivity index (χ2v) is 19.9. The van der Waals surface area contributed by atoms with E-state index in [0.717, 1.165) is 65.2 Å². The van der Waals surface area contributed by atoms with Crippen LogP contribution in [0.1, 0.15) is 73.3 Å². The molecular formula is C35H48N4O7Si. The zero-order valence-electron chi connectivity index (χ0n) is 28.5. The fourth-order valence-electron chi connectivity index (χ4n) is 6.68. The second-order valence-electron chi connectivity index (χ2n) is 14.3. The number of hydrogen-bond donors (Lipinski definition) is 3. The Labute approximate surface area is 276 Å². The van der Waals surface area contributed by atoms with E-state index in [1.54, 1.807) is 23.0 Å². The number of carbonyl (C=O) groups excluding carboxylic acids is 2. The number of hydrogen-bond acceptors (Lipinski definition) is 9. The molecule has 11 nitrogen and oxygen atoms in total. The predicted octanol–water partition coefficient (Wildman–Crippen LogP) is 4.86. The molecule has 2 aliphatic rings. The molecule has 1 aromatic carbocycles. The number of pyridine rings is 2. The van der Waals surface area contributed by atoms with Crippen molar-refractivity contribution in [2.45, 2.75) is 103 Å². The van der Waals surface area contributed by atoms with Crippen molar-refractivity contribution < 1.29 is 29.4 Å². The van der Waals surface area contributed by atoms with Gasteiger partial charge in [-0.05, 0) is 63.5 Å². The minimum atomic E-state index is -1.87. The second kappa shape index (κ2) is 13.9. The van der Waals surface area contributed by atoms with Crippen LogP contribution in [0.5, 0.6) is 5.75 Å². The molecule has 2 aromatic heterocycles. The summed E-state index contributed by atoms with van der Waals surface area (Å²) in [5.74, 6) is -0.282. The maximum atomic E-state index is 13.9. The quantitative estimate of drug-likeness (QED) is 0.0566. The Bertz CT molecular complexity index is 1750. The van der Waals surface area contributed by atoms with Gasteiger partial charge in [-0.2, -0.15) is 0 Å². The smallest absolute Gasteiger partial charge is 0.343 e. The Balaban J connectivity index is 1.58. The molecule has 0 fully saturated rings. The summed E-state index contributed by atoms with van der Waals surface area (Å²) in [6.07, 6.45) is 4.56. The molecule has 3 aromatic rings. The Kier molecular flexibility index (Phi) is 10.3. The van der Waals surface area contributed by atoms with Crippen LogP contribution in [0.15, 0.2) is 23.0 Å². The van der Waals surface area contributed by atoms with Crippen LogP contribution in [0.2, 0.25) is 25.7 Å². The first-order valence-corrected chi connectivity index (χ1v) is 20.3. The van der Waals surface area contributed by atoms with Gasteiger partial charge in [0.05, 0.1) is 35.6 Å². The topological polar surface area (TPSA) is 143 Å². The van der Waals surface area contributed by atoms with Crippen LogP contribution in [0.3, 0.4) is 0 Å². The summed E-state index contributed by atoms with van der Waals surface area (Å²) in [5, 5.41) is 21.1. The largest absolute Gasteiger partial charge is 0.493 e. The Morgan fingerprint density at radius 3 is 2.55 bits per heavy atom. The molecule has 2 aliphatic heterocycles. The van der Waals surface area contributed by atoms with Crippen molar-refractivity contribution in [2.24, 2.45) is 0 Å². The molecule has 0 bridgehead atoms. The molecular weight excluding hydrogens is 616 g/mol. The number of nitrogens with one attached hydrogen (secondary N) is 1. The number of nitrogens with zero attached hydrogens (tertiary/aromatic N) is 3. The number of fused-ring (bicyclic) bond motifs is 5. The average molecular weight is 665 g/mol. The van der Waals surface area contributed by atoms with Crippen molar-refractivity contribution in [3.05, 3.63) is 56.4 Å². The first kappa shape index (κ1) is 34.7. The van der Waals surface area contributed by atoms with Gasteiger partial charge in [0.25, 0.3) is 5.56 Å². The molecule has 0 spiro atoms. The van der Waals surface area contributed by atoms with Gasteiger partial charge in [-0.25, -0.2) is 15.3 Å². The van der Waals surface area contributed by atoms with Crippen LogP contribution in [0.4, 0.5) is 0 Å². The third-order valence-corrected chi connectivity index (χ3v) is 11.1. The molecule has 4 heterocycles. The predicted molar refractivity (Wildman–Crippen MR) is 182 cm³/mol. The Morgan fingerprint density at radius 2 is 1.87 bits per heavy atom. The van der Waals surface area contributed by atoms with Crippen molar-refractivity contribution in [1.29, 1.82) is 0 Å². The molecule has 0 saturated heterocycles. The fraction of sp³-hybridized carbons (Fsp3) is 0.543. The minimum absolute atomic E-state index is 0.0960. The first-order valence-electron chi connectivity index (χ1n) is 16.6. The van der Waals surface area contributed by atoms with Gasteiger partial charge >= 0.3 is 5.97 Å². The lowest BCUT2D eigenvalue weighted by Crippen LogP contribution is -2.44. The lowest BCUT2D eigenvalue weighted by atomic mass is 9.86. The lowest BCUT2D eigenvalue weighted by Gasteiger charge is -2.31. The van der Waals surface area contributed by atoms with Crippen LogP contribution in [0, 0.1) is 0 Å². The van der Waals surface area contributed by atoms with Crippen molar-refractivity contribution in [1.82, 2.24) is 19.9 Å². The van der Waals surface area contributed by atoms with Crippen LogP contribution < -0.4 is 15.8 Å². The standard InChI is InChI=1S/C35H48N4O7Si/c1-7-35(43)26-18-28-32-23(20-39(28)33(41)25(26)21-46-34(35)42)22(15-17-47(4,5)6)31-24(19-38(2)3)29(14-13-27(31)36-32)45-16-11-9-8-10-12-30(40)37-44/h13-14,18,43-44H,7-12,15-17,19-21H2,1-6H3,(H,37,40)/t35-/m0/s1. The van der Waals surface area contributed by atoms with E-state index in [2.05, 4.69) is 24.5 Å². The van der Waals surface area contributed by atoms with E-state index < -0.39 is 19.6 Å². The summed E-state index contributed by atoms with van der Waals surface area (Å²) in [5.41, 5.74) is 5.59. The van der Waals surface area contributed by atoms with Crippen molar-refractivity contribution >= 4 is 30.9 Å². The number of benzene rings is 1. The number of esters is 1. The third kappa shape index (κ3) is 7.01. The van der Waals surface area contributed by atoms with Gasteiger partial charge < -0.3 is 24.0 Å². The van der Waals surface area contributed by atoms with Gasteiger partial charge in [-0.1, -0.05) is 45.5 Å². The highest BCUT2D eigenvalue weighted by Gasteiger charge is 2.45. The maximum absolute atomic E-state index is 13.9. The van der Waals surface area contributed by atoms with Gasteiger partial charge in [-0.15, -0.1) is 0 Å². The van der Waals surface area contributed by atoms with Crippen molar-refractivity contribution in [3.63, 3.8) is 0 Å². The highest BCUT2D eigenvalue weighted by molar-refractivity contribution is 6.76. The molecule has 1 atom stereocenters. The maximum Gasteiger partial charge on any atom is 0.343 e. The summed E-state index contributed by atoms with van der Waals surface area (Å²) >= 11 is 0. The summed E-state index contributed by atoms with van der Waals surface area (Å²) in [4.78, 5) is 45.2. The van der Waals surface area contributed by atoms with Gasteiger partial charge in [-0.3, -0.25) is 14.8 Å². The fourth-order valence-corrected chi connectivity index (χ4v) is 7.68. The lowest BCUT2D eigenvalue weighted by molar-refractivity contribution is -0.172. The summed E-state index contributed by atoms with van der Waals surface area (Å²) in [7, 11) is 2.60. The molecule has 0 unspecified atom stereocenters. The van der Waals surface area contributed by atoms with E-state index in [9.17, 15) is 19.5 Å². The van der Waals surface area contributed by atoms with E-state index in [0.29, 0.717) is 49.4 Å². The summed E-state index contributed by atoms with van der Waals surface area (Å²) in [6, 6.07) is 6.81. The Morgan fingerprint density at radius 1 is 1.13 bits per heavy atom. The highest BCUT2D eigenvalue weighted by Crippen LogP contribution is 2.43. The number of unbranched alkanes of at least 4 members (excludes halogenated alkanes) is 3. The van der Waals surface area contributed by atoms with Gasteiger partial charge in [0.1, 0.15) is 12.4 Å². The first-order chi connectivity index (χ1) is 22.3. The number of rotatable bonds is 14. The van der Waals surface area contributed by atoms with E-state index in [1.807, 2.05) is 26.2 Å². The van der Waals surface area contributed by atoms with Gasteiger partial charge in [0.2, 0.25) is 5.91 Å². The minimum Gasteiger partial charge on any atom is -0.493 e. The molecule has 47 heavy (non-hydrogen) atoms. The van der Waals surface area contributed by atoms with Crippen LogP contribution in [-0.2, 0) is 46.0 Å². The van der Waals surface area contributed by atoms with E-state index in [4.69, 9.17) is 19.7 Å². The van der Waals surface area contributed by atoms with Gasteiger partial charge in [0, 0.05) is 43.1 Å². The van der Waals surface area contributed by atoms with E-state index >= 15 is 0 Å². The molecule has 3 N–H and O–H groups in total. The summed E-state index contributed by atoms with van der Waals surface area (Å²) in [6.45, 7) is 10.2. The number of cyclic esters (lactones) is 1. The molecule has 12 heteroatoms. The number of aromatic nitrogens is 2.